The van der Waals surface area contributed by atoms with E-state index in [1.54, 1.807) is 12.4 Å². The van der Waals surface area contributed by atoms with E-state index in [1.165, 1.54) is 0 Å². The molecule has 102 valence electrons. The van der Waals surface area contributed by atoms with Crippen LogP contribution in [-0.2, 0) is 0 Å². The van der Waals surface area contributed by atoms with Crippen LogP contribution in [0.15, 0.2) is 41.8 Å². The van der Waals surface area contributed by atoms with Gasteiger partial charge in [0.1, 0.15) is 11.5 Å². The highest BCUT2D eigenvalue weighted by Gasteiger charge is 2.24. The second-order valence-corrected chi connectivity index (χ2v) is 4.73. The molecule has 20 heavy (non-hydrogen) atoms. The molecule has 3 N–H and O–H groups in total. The van der Waals surface area contributed by atoms with Crippen LogP contribution in [0.3, 0.4) is 0 Å². The first-order chi connectivity index (χ1) is 9.74. The van der Waals surface area contributed by atoms with Crippen LogP contribution in [-0.4, -0.2) is 27.6 Å². The minimum absolute atomic E-state index is 0.0348. The summed E-state index contributed by atoms with van der Waals surface area (Å²) >= 11 is 0. The summed E-state index contributed by atoms with van der Waals surface area (Å²) in [6.45, 7) is 1.96. The molecule has 0 aromatic carbocycles. The number of aromatic amines is 1. The van der Waals surface area contributed by atoms with Crippen molar-refractivity contribution in [2.24, 2.45) is 5.10 Å². The summed E-state index contributed by atoms with van der Waals surface area (Å²) in [5, 5.41) is 7.32. The Kier molecular flexibility index (Phi) is 3.20. The number of H-pyrrole nitrogens is 1. The minimum Gasteiger partial charge on any atom is -0.357 e. The molecule has 0 saturated carbocycles. The van der Waals surface area contributed by atoms with Gasteiger partial charge in [0.2, 0.25) is 0 Å². The maximum absolute atomic E-state index is 12.0. The quantitative estimate of drug-likeness (QED) is 0.726. The van der Waals surface area contributed by atoms with E-state index in [0.717, 1.165) is 11.3 Å². The van der Waals surface area contributed by atoms with E-state index < -0.39 is 0 Å². The highest BCUT2D eigenvalue weighted by atomic mass is 16.2. The molecule has 6 nitrogen and oxygen atoms in total. The average molecular weight is 269 g/mol. The molecule has 3 heterocycles. The van der Waals surface area contributed by atoms with Crippen LogP contribution >= 0.6 is 0 Å². The Morgan fingerprint density at radius 1 is 1.40 bits per heavy atom. The van der Waals surface area contributed by atoms with E-state index in [2.05, 4.69) is 25.8 Å². The molecule has 1 amide bonds. The number of anilines is 1. The molecule has 3 rings (SSSR count). The number of pyridine rings is 1. The Bertz CT molecular complexity index is 647. The lowest BCUT2D eigenvalue weighted by Gasteiger charge is -2.09. The summed E-state index contributed by atoms with van der Waals surface area (Å²) in [6, 6.07) is 7.47. The van der Waals surface area contributed by atoms with Crippen LogP contribution in [0.4, 0.5) is 5.82 Å². The molecular formula is C14H15N5O. The zero-order valence-corrected chi connectivity index (χ0v) is 11.1. The van der Waals surface area contributed by atoms with Crippen molar-refractivity contribution in [1.29, 1.82) is 0 Å². The van der Waals surface area contributed by atoms with Crippen LogP contribution in [0.25, 0.3) is 0 Å². The van der Waals surface area contributed by atoms with E-state index in [-0.39, 0.29) is 11.9 Å². The number of nitrogens with zero attached hydrogens (tertiary/aromatic N) is 2. The summed E-state index contributed by atoms with van der Waals surface area (Å²) in [7, 11) is 0. The van der Waals surface area contributed by atoms with Crippen LogP contribution in [0, 0.1) is 0 Å². The summed E-state index contributed by atoms with van der Waals surface area (Å²) in [6.07, 6.45) is 4.11. The molecule has 1 atom stereocenters. The normalized spacial score (nSPS) is 20.1. The molecule has 2 aromatic rings. The number of aromatic nitrogens is 2. The molecule has 0 saturated heterocycles. The molecule has 1 aliphatic rings. The summed E-state index contributed by atoms with van der Waals surface area (Å²) < 4.78 is 0. The van der Waals surface area contributed by atoms with E-state index in [4.69, 9.17) is 0 Å². The molecule has 1 unspecified atom stereocenters. The monoisotopic (exact) mass is 269 g/mol. The van der Waals surface area contributed by atoms with Crippen LogP contribution in [0.5, 0.6) is 0 Å². The molecule has 6 heteroatoms. The van der Waals surface area contributed by atoms with E-state index in [9.17, 15) is 4.79 Å². The van der Waals surface area contributed by atoms with Gasteiger partial charge in [0.25, 0.3) is 5.91 Å². The Morgan fingerprint density at radius 3 is 3.10 bits per heavy atom. The first kappa shape index (κ1) is 12.4. The lowest BCUT2D eigenvalue weighted by molar-refractivity contribution is 0.0939. The smallest absolute Gasteiger partial charge is 0.268 e. The van der Waals surface area contributed by atoms with Crippen molar-refractivity contribution in [3.63, 3.8) is 0 Å². The number of hydrazone groups is 1. The fraction of sp³-hybridized carbons (Fsp3) is 0.214. The van der Waals surface area contributed by atoms with E-state index >= 15 is 0 Å². The number of hydrogen-bond donors (Lipinski definition) is 3. The van der Waals surface area contributed by atoms with Crippen LogP contribution in [0.1, 0.15) is 29.4 Å². The zero-order valence-electron chi connectivity index (χ0n) is 11.1. The van der Waals surface area contributed by atoms with Crippen molar-refractivity contribution in [1.82, 2.24) is 15.3 Å². The van der Waals surface area contributed by atoms with Crippen LogP contribution in [0.2, 0.25) is 0 Å². The van der Waals surface area contributed by atoms with Gasteiger partial charge in [-0.2, -0.15) is 5.10 Å². The van der Waals surface area contributed by atoms with E-state index in [0.29, 0.717) is 17.9 Å². The maximum Gasteiger partial charge on any atom is 0.268 e. The van der Waals surface area contributed by atoms with Gasteiger partial charge in [-0.15, -0.1) is 0 Å². The second kappa shape index (κ2) is 5.16. The van der Waals surface area contributed by atoms with Gasteiger partial charge in [-0.1, -0.05) is 6.07 Å². The third-order valence-corrected chi connectivity index (χ3v) is 3.13. The van der Waals surface area contributed by atoms with Crippen molar-refractivity contribution in [3.8, 4) is 0 Å². The Labute approximate surface area is 116 Å². The highest BCUT2D eigenvalue weighted by molar-refractivity contribution is 6.11. The lowest BCUT2D eigenvalue weighted by atomic mass is 10.1. The SMILES string of the molecule is CC1CC(=NNc2ccccn2)c2cc[nH]c2C(=O)N1. The second-order valence-electron chi connectivity index (χ2n) is 4.73. The average Bonchev–Trinajstić information content (AvgIpc) is 2.90. The van der Waals surface area contributed by atoms with Gasteiger partial charge in [0, 0.05) is 30.4 Å². The standard InChI is InChI=1S/C14H15N5O/c1-9-8-11(18-19-12-4-2-3-6-15-12)10-5-7-16-13(10)14(20)17-9/h2-7,9,16H,8H2,1H3,(H,15,19)(H,17,20). The van der Waals surface area contributed by atoms with Gasteiger partial charge in [-0.05, 0) is 25.1 Å². The number of carbonyl (C=O) groups excluding carboxylic acids is 1. The van der Waals surface area contributed by atoms with Gasteiger partial charge < -0.3 is 10.3 Å². The topological polar surface area (TPSA) is 82.2 Å². The molecule has 0 aliphatic carbocycles. The molecule has 0 spiro atoms. The van der Waals surface area contributed by atoms with Crippen molar-refractivity contribution in [2.45, 2.75) is 19.4 Å². The minimum atomic E-state index is -0.0967. The highest BCUT2D eigenvalue weighted by Crippen LogP contribution is 2.16. The van der Waals surface area contributed by atoms with Crippen molar-refractivity contribution in [2.75, 3.05) is 5.43 Å². The maximum atomic E-state index is 12.0. The summed E-state index contributed by atoms with van der Waals surface area (Å²) in [5.74, 6) is 0.578. The van der Waals surface area contributed by atoms with Crippen LogP contribution < -0.4 is 10.7 Å². The Hall–Kier alpha value is -2.63. The number of fused-ring (bicyclic) bond motifs is 1. The van der Waals surface area contributed by atoms with Crippen molar-refractivity contribution in [3.05, 3.63) is 47.9 Å². The summed E-state index contributed by atoms with van der Waals surface area (Å²) in [4.78, 5) is 19.1. The number of amides is 1. The van der Waals surface area contributed by atoms with Gasteiger partial charge >= 0.3 is 0 Å². The predicted molar refractivity (Wildman–Crippen MR) is 76.7 cm³/mol. The number of rotatable bonds is 2. The van der Waals surface area contributed by atoms with E-state index in [1.807, 2.05) is 31.2 Å². The first-order valence-electron chi connectivity index (χ1n) is 6.46. The molecule has 2 aromatic heterocycles. The molecular weight excluding hydrogens is 254 g/mol. The van der Waals surface area contributed by atoms with Gasteiger partial charge in [-0.3, -0.25) is 10.2 Å². The molecule has 0 radical (unpaired) electrons. The fourth-order valence-electron chi connectivity index (χ4n) is 2.20. The zero-order chi connectivity index (χ0) is 13.9. The third kappa shape index (κ3) is 2.40. The Morgan fingerprint density at radius 2 is 2.30 bits per heavy atom. The molecule has 0 bridgehead atoms. The van der Waals surface area contributed by atoms with Gasteiger partial charge in [-0.25, -0.2) is 4.98 Å². The molecule has 1 aliphatic heterocycles. The number of hydrogen-bond acceptors (Lipinski definition) is 4. The largest absolute Gasteiger partial charge is 0.357 e. The third-order valence-electron chi connectivity index (χ3n) is 3.13. The summed E-state index contributed by atoms with van der Waals surface area (Å²) in [5.41, 5.74) is 5.14. The number of carbonyl (C=O) groups is 1. The van der Waals surface area contributed by atoms with Gasteiger partial charge in [0.15, 0.2) is 0 Å². The van der Waals surface area contributed by atoms with Gasteiger partial charge in [0.05, 0.1) is 5.71 Å². The Balaban J connectivity index is 1.92. The lowest BCUT2D eigenvalue weighted by Crippen LogP contribution is -2.31. The van der Waals surface area contributed by atoms with Crippen molar-refractivity contribution < 1.29 is 4.79 Å². The predicted octanol–water partition coefficient (Wildman–Crippen LogP) is 1.75. The number of nitrogens with one attached hydrogen (secondary N) is 3. The molecule has 0 fully saturated rings. The van der Waals surface area contributed by atoms with Crippen molar-refractivity contribution >= 4 is 17.4 Å². The first-order valence-corrected chi connectivity index (χ1v) is 6.46. The fourth-order valence-corrected chi connectivity index (χ4v) is 2.20.